The molecule has 1 unspecified atom stereocenters. The number of primary amides is 1. The van der Waals surface area contributed by atoms with E-state index >= 15 is 0 Å². The van der Waals surface area contributed by atoms with Crippen molar-refractivity contribution in [2.45, 2.75) is 12.5 Å². The number of carbonyl (C=O) groups excluding carboxylic acids is 2. The fraction of sp³-hybridized carbons (Fsp3) is 0.263. The molecule has 3 N–H and O–H groups in total. The number of amides is 3. The van der Waals surface area contributed by atoms with E-state index in [4.69, 9.17) is 19.9 Å². The molecule has 27 heavy (non-hydrogen) atoms. The first-order chi connectivity index (χ1) is 13.0. The molecule has 3 amide bonds. The number of ether oxygens (including phenoxy) is 3. The van der Waals surface area contributed by atoms with E-state index in [-0.39, 0.29) is 0 Å². The number of urea groups is 1. The highest BCUT2D eigenvalue weighted by molar-refractivity contribution is 6.08. The van der Waals surface area contributed by atoms with Crippen LogP contribution in [0.5, 0.6) is 17.2 Å². The molecule has 1 aliphatic rings. The first kappa shape index (κ1) is 18.4. The number of benzene rings is 2. The number of nitrogens with one attached hydrogen (secondary N) is 1. The average Bonchev–Trinajstić information content (AvgIpc) is 3.07. The van der Waals surface area contributed by atoms with Gasteiger partial charge in [-0.15, -0.1) is 0 Å². The minimum absolute atomic E-state index is 0.383. The first-order valence-corrected chi connectivity index (χ1v) is 8.27. The molecule has 8 heteroatoms. The zero-order chi connectivity index (χ0) is 19.6. The second-order valence-electron chi connectivity index (χ2n) is 5.97. The lowest BCUT2D eigenvalue weighted by molar-refractivity contribution is -0.119. The lowest BCUT2D eigenvalue weighted by Crippen LogP contribution is -2.47. The van der Waals surface area contributed by atoms with E-state index < -0.39 is 18.0 Å². The zero-order valence-corrected chi connectivity index (χ0v) is 15.3. The van der Waals surface area contributed by atoms with Crippen LogP contribution in [0.25, 0.3) is 0 Å². The summed E-state index contributed by atoms with van der Waals surface area (Å²) in [6.07, 6.45) is 0.383. The highest BCUT2D eigenvalue weighted by Gasteiger charge is 2.37. The number of hydrogen-bond acceptors (Lipinski definition) is 5. The molecule has 142 valence electrons. The van der Waals surface area contributed by atoms with Gasteiger partial charge in [0.25, 0.3) is 0 Å². The molecular formula is C19H21N3O5. The number of nitrogens with zero attached hydrogens (tertiary/aromatic N) is 1. The van der Waals surface area contributed by atoms with Gasteiger partial charge in [-0.25, -0.2) is 4.79 Å². The van der Waals surface area contributed by atoms with E-state index in [1.54, 1.807) is 18.2 Å². The summed E-state index contributed by atoms with van der Waals surface area (Å²) < 4.78 is 15.9. The molecule has 1 atom stereocenters. The van der Waals surface area contributed by atoms with Crippen LogP contribution in [0.3, 0.4) is 0 Å². The van der Waals surface area contributed by atoms with Crippen LogP contribution >= 0.6 is 0 Å². The summed E-state index contributed by atoms with van der Waals surface area (Å²) in [4.78, 5) is 26.2. The molecule has 0 aliphatic carbocycles. The van der Waals surface area contributed by atoms with E-state index in [2.05, 4.69) is 5.32 Å². The third-order valence-corrected chi connectivity index (χ3v) is 4.44. The summed E-state index contributed by atoms with van der Waals surface area (Å²) in [5, 5.41) is 2.77. The van der Waals surface area contributed by atoms with E-state index in [0.717, 1.165) is 5.56 Å². The minimum Gasteiger partial charge on any atom is -0.493 e. The summed E-state index contributed by atoms with van der Waals surface area (Å²) in [6.45, 7) is 0. The standard InChI is InChI=1S/C19H21N3O5/c1-25-15-9-12(10-16(26-2)17(15)27-3)21-19(24)22-13-7-5-4-6-11(13)8-14(22)18(20)23/h4-7,9-10,14H,8H2,1-3H3,(H2,20,23)(H,21,24). The Labute approximate surface area is 156 Å². The van der Waals surface area contributed by atoms with Gasteiger partial charge in [0.1, 0.15) is 6.04 Å². The van der Waals surface area contributed by atoms with Crippen LogP contribution < -0.4 is 30.2 Å². The lowest BCUT2D eigenvalue weighted by Gasteiger charge is -2.24. The Morgan fingerprint density at radius 1 is 1.07 bits per heavy atom. The fourth-order valence-electron chi connectivity index (χ4n) is 3.20. The molecule has 8 nitrogen and oxygen atoms in total. The van der Waals surface area contributed by atoms with Crippen LogP contribution in [-0.2, 0) is 11.2 Å². The van der Waals surface area contributed by atoms with E-state index in [9.17, 15) is 9.59 Å². The van der Waals surface area contributed by atoms with E-state index in [1.807, 2.05) is 18.2 Å². The summed E-state index contributed by atoms with van der Waals surface area (Å²) in [5.74, 6) is 0.659. The lowest BCUT2D eigenvalue weighted by atomic mass is 10.1. The number of para-hydroxylation sites is 1. The van der Waals surface area contributed by atoms with Gasteiger partial charge in [0.2, 0.25) is 11.7 Å². The van der Waals surface area contributed by atoms with Crippen molar-refractivity contribution in [1.82, 2.24) is 0 Å². The number of rotatable bonds is 5. The monoisotopic (exact) mass is 371 g/mol. The van der Waals surface area contributed by atoms with E-state index in [0.29, 0.717) is 35.0 Å². The van der Waals surface area contributed by atoms with Crippen LogP contribution in [0.2, 0.25) is 0 Å². The Balaban J connectivity index is 1.94. The highest BCUT2D eigenvalue weighted by Crippen LogP contribution is 2.40. The number of hydrogen-bond donors (Lipinski definition) is 2. The number of carbonyl (C=O) groups is 2. The molecule has 1 heterocycles. The predicted molar refractivity (Wildman–Crippen MR) is 101 cm³/mol. The van der Waals surface area contributed by atoms with Crippen molar-refractivity contribution < 1.29 is 23.8 Å². The first-order valence-electron chi connectivity index (χ1n) is 8.27. The average molecular weight is 371 g/mol. The largest absolute Gasteiger partial charge is 0.493 e. The van der Waals surface area contributed by atoms with Gasteiger partial charge in [-0.05, 0) is 11.6 Å². The number of methoxy groups -OCH3 is 3. The van der Waals surface area contributed by atoms with Crippen LogP contribution in [-0.4, -0.2) is 39.3 Å². The van der Waals surface area contributed by atoms with Crippen molar-refractivity contribution in [3.63, 3.8) is 0 Å². The number of nitrogens with two attached hydrogens (primary N) is 1. The van der Waals surface area contributed by atoms with E-state index in [1.165, 1.54) is 26.2 Å². The Hall–Kier alpha value is -3.42. The molecule has 0 spiro atoms. The van der Waals surface area contributed by atoms with Crippen molar-refractivity contribution in [2.75, 3.05) is 31.5 Å². The molecule has 1 aliphatic heterocycles. The Bertz CT molecular complexity index is 858. The summed E-state index contributed by atoms with van der Waals surface area (Å²) >= 11 is 0. The summed E-state index contributed by atoms with van der Waals surface area (Å²) in [7, 11) is 4.47. The van der Waals surface area contributed by atoms with Crippen molar-refractivity contribution in [1.29, 1.82) is 0 Å². The van der Waals surface area contributed by atoms with Gasteiger partial charge in [-0.2, -0.15) is 0 Å². The van der Waals surface area contributed by atoms with Gasteiger partial charge in [0, 0.05) is 24.2 Å². The zero-order valence-electron chi connectivity index (χ0n) is 15.3. The SMILES string of the molecule is COc1cc(NC(=O)N2c3ccccc3CC2C(N)=O)cc(OC)c1OC. The normalized spacial score (nSPS) is 15.1. The maximum Gasteiger partial charge on any atom is 0.327 e. The van der Waals surface area contributed by atoms with Gasteiger partial charge in [-0.1, -0.05) is 18.2 Å². The summed E-state index contributed by atoms with van der Waals surface area (Å²) in [6, 6.07) is 9.33. The molecule has 0 bridgehead atoms. The van der Waals surface area contributed by atoms with Gasteiger partial charge in [0.05, 0.1) is 27.0 Å². The minimum atomic E-state index is -0.746. The van der Waals surface area contributed by atoms with Gasteiger partial charge >= 0.3 is 6.03 Å². The quantitative estimate of drug-likeness (QED) is 0.838. The second-order valence-corrected chi connectivity index (χ2v) is 5.97. The molecule has 2 aromatic rings. The Kier molecular flexibility index (Phi) is 5.07. The van der Waals surface area contributed by atoms with Crippen molar-refractivity contribution in [2.24, 2.45) is 5.73 Å². The number of anilines is 2. The molecule has 0 fully saturated rings. The van der Waals surface area contributed by atoms with Gasteiger partial charge in [-0.3, -0.25) is 9.69 Å². The molecule has 0 radical (unpaired) electrons. The molecule has 0 saturated heterocycles. The number of fused-ring (bicyclic) bond motifs is 1. The second kappa shape index (κ2) is 7.45. The fourth-order valence-corrected chi connectivity index (χ4v) is 3.20. The van der Waals surface area contributed by atoms with Crippen molar-refractivity contribution in [3.05, 3.63) is 42.0 Å². The van der Waals surface area contributed by atoms with Crippen LogP contribution in [0, 0.1) is 0 Å². The third kappa shape index (κ3) is 3.33. The maximum absolute atomic E-state index is 12.9. The highest BCUT2D eigenvalue weighted by atomic mass is 16.5. The molecule has 3 rings (SSSR count). The van der Waals surface area contributed by atoms with Gasteiger partial charge < -0.3 is 25.3 Å². The van der Waals surface area contributed by atoms with Crippen LogP contribution in [0.1, 0.15) is 5.56 Å². The predicted octanol–water partition coefficient (Wildman–Crippen LogP) is 2.16. The maximum atomic E-state index is 12.9. The van der Waals surface area contributed by atoms with Crippen molar-refractivity contribution in [3.8, 4) is 17.2 Å². The third-order valence-electron chi connectivity index (χ3n) is 4.44. The Morgan fingerprint density at radius 2 is 1.70 bits per heavy atom. The topological polar surface area (TPSA) is 103 Å². The molecule has 0 aromatic heterocycles. The Morgan fingerprint density at radius 3 is 2.26 bits per heavy atom. The van der Waals surface area contributed by atoms with Gasteiger partial charge in [0.15, 0.2) is 11.5 Å². The molecule has 0 saturated carbocycles. The smallest absolute Gasteiger partial charge is 0.327 e. The van der Waals surface area contributed by atoms with Crippen LogP contribution in [0.15, 0.2) is 36.4 Å². The van der Waals surface area contributed by atoms with Crippen molar-refractivity contribution >= 4 is 23.3 Å². The molecular weight excluding hydrogens is 350 g/mol. The van der Waals surface area contributed by atoms with Crippen LogP contribution in [0.4, 0.5) is 16.2 Å². The summed E-state index contributed by atoms with van der Waals surface area (Å²) in [5.41, 5.74) is 7.49. The molecule has 2 aromatic carbocycles.